The van der Waals surface area contributed by atoms with Gasteiger partial charge in [-0.25, -0.2) is 0 Å². The third kappa shape index (κ3) is 10.4. The molecule has 0 aromatic carbocycles. The molecule has 0 aliphatic carbocycles. The number of fused-ring (bicyclic) bond motifs is 1. The molecule has 0 radical (unpaired) electrons. The minimum Gasteiger partial charge on any atom is -0.459 e. The number of cyclic esters (lactones) is 1. The second kappa shape index (κ2) is 20.2. The number of hydrogen-bond donors (Lipinski definition) is 4. The largest absolute Gasteiger partial charge is 0.459 e. The number of hydrogen-bond acceptors (Lipinski definition) is 16. The fourth-order valence-electron chi connectivity index (χ4n) is 10.1. The summed E-state index contributed by atoms with van der Waals surface area (Å²) in [6, 6.07) is -0.960. The number of carbonyl (C=O) groups excluding carboxylic acids is 2. The first-order valence-electron chi connectivity index (χ1n) is 21.4. The number of aliphatic hydroxyl groups excluding tert-OH is 2. The Kier molecular flexibility index (Phi) is 17.2. The number of methoxy groups -OCH3 is 2. The van der Waals surface area contributed by atoms with Gasteiger partial charge in [-0.3, -0.25) is 14.9 Å². The third-order valence-corrected chi connectivity index (χ3v) is 13.6. The molecular weight excluding hydrogens is 754 g/mol. The molecule has 4 heterocycles. The second-order valence-corrected chi connectivity index (χ2v) is 18.2. The van der Waals surface area contributed by atoms with Crippen molar-refractivity contribution in [2.24, 2.45) is 29.4 Å². The Morgan fingerprint density at radius 3 is 2.14 bits per heavy atom. The van der Waals surface area contributed by atoms with E-state index in [1.165, 1.54) is 0 Å². The lowest BCUT2D eigenvalue weighted by Gasteiger charge is -2.50. The summed E-state index contributed by atoms with van der Waals surface area (Å²) < 4.78 is 57.9. The summed E-state index contributed by atoms with van der Waals surface area (Å²) in [5.74, 6) is -3.50. The van der Waals surface area contributed by atoms with Crippen LogP contribution in [0.4, 0.5) is 0 Å². The number of esters is 1. The zero-order chi connectivity index (χ0) is 43.5. The molecule has 19 atom stereocenters. The minimum absolute atomic E-state index is 0.0996. The van der Waals surface area contributed by atoms with Crippen LogP contribution in [0.5, 0.6) is 0 Å². The number of rotatable bonds is 12. The third-order valence-electron chi connectivity index (χ3n) is 13.6. The van der Waals surface area contributed by atoms with E-state index >= 15 is 0 Å². The fraction of sp³-hybridized carbons (Fsp3) is 0.952. The zero-order valence-corrected chi connectivity index (χ0v) is 37.6. The Morgan fingerprint density at radius 2 is 1.55 bits per heavy atom. The van der Waals surface area contributed by atoms with Crippen molar-refractivity contribution in [3.05, 3.63) is 0 Å². The van der Waals surface area contributed by atoms with Gasteiger partial charge in [0.05, 0.1) is 47.6 Å². The molecule has 4 aliphatic rings. The number of ether oxygens (including phenoxy) is 9. The number of nitrogens with one attached hydrogen (secondary N) is 1. The van der Waals surface area contributed by atoms with E-state index < -0.39 is 108 Å². The van der Waals surface area contributed by atoms with Gasteiger partial charge in [-0.15, -0.1) is 0 Å². The van der Waals surface area contributed by atoms with Crippen molar-refractivity contribution in [2.45, 2.75) is 192 Å². The van der Waals surface area contributed by atoms with Gasteiger partial charge in [0.2, 0.25) is 6.41 Å². The average Bonchev–Trinajstić information content (AvgIpc) is 3.49. The van der Waals surface area contributed by atoms with Crippen molar-refractivity contribution in [3.8, 4) is 0 Å². The van der Waals surface area contributed by atoms with Crippen LogP contribution in [-0.4, -0.2) is 159 Å². The van der Waals surface area contributed by atoms with Gasteiger partial charge in [0, 0.05) is 51.0 Å². The number of carbonyl (C=O) groups is 2. The molecule has 5 N–H and O–H groups in total. The molecule has 0 aromatic rings. The molecule has 4 fully saturated rings. The number of aliphatic hydroxyl groups is 2. The maximum Gasteiger partial charge on any atom is 0.311 e. The summed E-state index contributed by atoms with van der Waals surface area (Å²) >= 11 is 0. The Hall–Kier alpha value is -1.38. The highest BCUT2D eigenvalue weighted by Gasteiger charge is 2.57. The van der Waals surface area contributed by atoms with Gasteiger partial charge >= 0.3 is 5.97 Å². The normalized spacial score (nSPS) is 47.4. The van der Waals surface area contributed by atoms with Crippen LogP contribution < -0.4 is 11.1 Å². The van der Waals surface area contributed by atoms with E-state index in [2.05, 4.69) is 5.32 Å². The molecule has 58 heavy (non-hydrogen) atoms. The molecule has 0 aromatic heterocycles. The van der Waals surface area contributed by atoms with Crippen LogP contribution in [0.3, 0.4) is 0 Å². The highest BCUT2D eigenvalue weighted by molar-refractivity contribution is 5.84. The summed E-state index contributed by atoms with van der Waals surface area (Å²) in [6.45, 7) is 19.5. The predicted molar refractivity (Wildman–Crippen MR) is 214 cm³/mol. The van der Waals surface area contributed by atoms with Gasteiger partial charge in [0.15, 0.2) is 12.6 Å². The van der Waals surface area contributed by atoms with Crippen molar-refractivity contribution in [1.29, 1.82) is 0 Å². The summed E-state index contributed by atoms with van der Waals surface area (Å²) in [4.78, 5) is 31.0. The van der Waals surface area contributed by atoms with Gasteiger partial charge in [-0.2, -0.15) is 0 Å². The Labute approximate surface area is 346 Å². The molecule has 4 saturated heterocycles. The van der Waals surface area contributed by atoms with Crippen LogP contribution in [0.2, 0.25) is 0 Å². The summed E-state index contributed by atoms with van der Waals surface area (Å²) in [5, 5.41) is 25.5. The molecule has 0 saturated carbocycles. The van der Waals surface area contributed by atoms with E-state index in [0.717, 1.165) is 0 Å². The van der Waals surface area contributed by atoms with E-state index in [4.69, 9.17) is 48.4 Å². The first-order chi connectivity index (χ1) is 27.1. The quantitative estimate of drug-likeness (QED) is 0.165. The Morgan fingerprint density at radius 1 is 0.914 bits per heavy atom. The van der Waals surface area contributed by atoms with Crippen LogP contribution in [0.1, 0.15) is 101 Å². The maximum absolute atomic E-state index is 14.6. The van der Waals surface area contributed by atoms with E-state index in [1.807, 2.05) is 67.5 Å². The Balaban J connectivity index is 1.85. The van der Waals surface area contributed by atoms with E-state index in [9.17, 15) is 19.8 Å². The number of ketones is 1. The molecule has 0 spiro atoms. The topological polar surface area (TPSA) is 199 Å². The second-order valence-electron chi connectivity index (χ2n) is 18.2. The van der Waals surface area contributed by atoms with Gasteiger partial charge in [0.1, 0.15) is 29.7 Å². The summed E-state index contributed by atoms with van der Waals surface area (Å²) in [5.41, 5.74) is 2.48. The molecule has 16 nitrogen and oxygen atoms in total. The van der Waals surface area contributed by atoms with Gasteiger partial charge in [-0.05, 0) is 87.9 Å². The monoisotopic (exact) mass is 832 g/mol. The van der Waals surface area contributed by atoms with Gasteiger partial charge in [-0.1, -0.05) is 27.7 Å². The molecule has 338 valence electrons. The van der Waals surface area contributed by atoms with Crippen LogP contribution in [0.15, 0.2) is 0 Å². The first kappa shape index (κ1) is 49.3. The molecule has 1 unspecified atom stereocenters. The highest BCUT2D eigenvalue weighted by atomic mass is 16.7. The highest BCUT2D eigenvalue weighted by Crippen LogP contribution is 2.43. The van der Waals surface area contributed by atoms with E-state index in [0.29, 0.717) is 32.4 Å². The van der Waals surface area contributed by atoms with Crippen LogP contribution in [0, 0.1) is 23.7 Å². The van der Waals surface area contributed by atoms with Crippen LogP contribution >= 0.6 is 0 Å². The number of Topliss-reactive ketones (excluding diaryl/α,β-unsaturated/α-hetero) is 1. The molecular formula is C42H77N3O13. The molecule has 0 amide bonds. The van der Waals surface area contributed by atoms with Gasteiger partial charge < -0.3 is 63.5 Å². The zero-order valence-electron chi connectivity index (χ0n) is 37.6. The standard InChI is InChI=1S/C42H77N3O13/c1-15-29-42(10)34(44-39(49)58-42)24(4)31(46)22(2)20-40(8,50-13)35(57-38-32(47)28(45(11)12)19-23(3)53-38)25(5)33(26(6)37(48)55-29)56-30-21-41(9,51-14)36(27(7)54-30)52-18-16-17-43/h22-30,32-36,38-39,44,47,49H,15-21,43H2,1-14H3/t22-,23-,24+,25+,26-,27+,28+,29-,30?,32-,33+,34-,35-,36+,38+,39-,40-,41-,42-/m1/s1. The predicted octanol–water partition coefficient (Wildman–Crippen LogP) is 2.72. The van der Waals surface area contributed by atoms with Crippen molar-refractivity contribution in [2.75, 3.05) is 41.5 Å². The van der Waals surface area contributed by atoms with Crippen LogP contribution in [-0.2, 0) is 52.2 Å². The van der Waals surface area contributed by atoms with Gasteiger partial charge in [0.25, 0.3) is 0 Å². The molecule has 16 heteroatoms. The van der Waals surface area contributed by atoms with Crippen molar-refractivity contribution < 1.29 is 62.4 Å². The lowest BCUT2D eigenvalue weighted by molar-refractivity contribution is -0.322. The van der Waals surface area contributed by atoms with Crippen molar-refractivity contribution >= 4 is 11.8 Å². The fourth-order valence-corrected chi connectivity index (χ4v) is 10.1. The lowest BCUT2D eigenvalue weighted by Crippen LogP contribution is -2.61. The maximum atomic E-state index is 14.6. The van der Waals surface area contributed by atoms with E-state index in [1.54, 1.807) is 35.0 Å². The van der Waals surface area contributed by atoms with Crippen molar-refractivity contribution in [1.82, 2.24) is 10.2 Å². The molecule has 0 bridgehead atoms. The van der Waals surface area contributed by atoms with Crippen LogP contribution in [0.25, 0.3) is 0 Å². The lowest BCUT2D eigenvalue weighted by atomic mass is 9.73. The number of nitrogens with two attached hydrogens (primary N) is 1. The number of likely N-dealkylation sites (N-methyl/N-ethyl adjacent to an activating group) is 1. The Bertz CT molecular complexity index is 1350. The first-order valence-corrected chi connectivity index (χ1v) is 21.4. The average molecular weight is 832 g/mol. The summed E-state index contributed by atoms with van der Waals surface area (Å²) in [7, 11) is 7.00. The SMILES string of the molecule is CC[C@H]1OC(=O)[C@H](C)[C@@H](OC2C[C@@](C)(OC)[C@@H](OCCCN)[C@H](C)O2)[C@H](C)[C@@H](O[C@@H]2O[C@H](C)C[C@H](N(C)C)[C@H]2O)[C@](C)(OC)C[C@@H](C)C(=O)[C@H](C)[C@H]2N[C@H](O)O[C@@]21C. The smallest absolute Gasteiger partial charge is 0.311 e. The minimum atomic E-state index is -1.38. The van der Waals surface area contributed by atoms with Crippen molar-refractivity contribution in [3.63, 3.8) is 0 Å². The number of nitrogens with zero attached hydrogens (tertiary/aromatic N) is 1. The van der Waals surface area contributed by atoms with E-state index in [-0.39, 0.29) is 30.8 Å². The molecule has 4 aliphatic heterocycles. The summed E-state index contributed by atoms with van der Waals surface area (Å²) in [6.07, 6.45) is -6.09. The molecule has 4 rings (SSSR count).